The lowest BCUT2D eigenvalue weighted by Gasteiger charge is -2.20. The zero-order valence-electron chi connectivity index (χ0n) is 9.45. The van der Waals surface area contributed by atoms with Crippen LogP contribution in [0.25, 0.3) is 0 Å². The van der Waals surface area contributed by atoms with Gasteiger partial charge in [-0.1, -0.05) is 13.3 Å². The molecule has 0 aromatic heterocycles. The molecular weight excluding hydrogens is 196 g/mol. The Bertz CT molecular complexity index is 148. The molecule has 0 aliphatic rings. The molecule has 0 spiro atoms. The van der Waals surface area contributed by atoms with E-state index in [1.165, 1.54) is 0 Å². The van der Waals surface area contributed by atoms with E-state index < -0.39 is 0 Å². The Labute approximate surface area is 91.4 Å². The smallest absolute Gasteiger partial charge is 0.239 e. The molecular formula is C10H22N2OS. The first-order valence-corrected chi connectivity index (χ1v) is 6.52. The van der Waals surface area contributed by atoms with Gasteiger partial charge >= 0.3 is 0 Å². The number of amides is 1. The third-order valence-electron chi connectivity index (χ3n) is 2.17. The molecule has 0 aromatic rings. The van der Waals surface area contributed by atoms with E-state index >= 15 is 0 Å². The van der Waals surface area contributed by atoms with Crippen molar-refractivity contribution in [2.75, 3.05) is 25.6 Å². The fourth-order valence-corrected chi connectivity index (χ4v) is 1.65. The van der Waals surface area contributed by atoms with Gasteiger partial charge < -0.3 is 10.6 Å². The molecule has 1 unspecified atom stereocenters. The highest BCUT2D eigenvalue weighted by Gasteiger charge is 2.16. The lowest BCUT2D eigenvalue weighted by Crippen LogP contribution is -2.42. The average Bonchev–Trinajstić information content (AvgIpc) is 2.21. The maximum absolute atomic E-state index is 11.6. The van der Waals surface area contributed by atoms with Crippen LogP contribution >= 0.6 is 11.8 Å². The van der Waals surface area contributed by atoms with Crippen molar-refractivity contribution in [3.05, 3.63) is 0 Å². The van der Waals surface area contributed by atoms with Crippen LogP contribution in [0, 0.1) is 0 Å². The molecule has 0 fully saturated rings. The molecule has 0 saturated carbocycles. The minimum absolute atomic E-state index is 0.0764. The van der Waals surface area contributed by atoms with E-state index in [1.807, 2.05) is 13.3 Å². The molecule has 1 amide bonds. The van der Waals surface area contributed by atoms with Gasteiger partial charge in [0.25, 0.3) is 0 Å². The van der Waals surface area contributed by atoms with E-state index in [-0.39, 0.29) is 11.9 Å². The number of hydrogen-bond acceptors (Lipinski definition) is 3. The Morgan fingerprint density at radius 1 is 1.57 bits per heavy atom. The summed E-state index contributed by atoms with van der Waals surface area (Å²) in [5.74, 6) is 1.03. The summed E-state index contributed by atoms with van der Waals surface area (Å²) in [5.41, 5.74) is 5.77. The van der Waals surface area contributed by atoms with Crippen LogP contribution in [0.3, 0.4) is 0 Å². The maximum atomic E-state index is 11.6. The molecule has 84 valence electrons. The van der Waals surface area contributed by atoms with E-state index in [0.29, 0.717) is 0 Å². The average molecular weight is 218 g/mol. The highest BCUT2D eigenvalue weighted by Crippen LogP contribution is 2.02. The fraction of sp³-hybridized carbons (Fsp3) is 0.900. The first kappa shape index (κ1) is 13.8. The van der Waals surface area contributed by atoms with Crippen LogP contribution in [-0.2, 0) is 4.79 Å². The van der Waals surface area contributed by atoms with Crippen molar-refractivity contribution < 1.29 is 4.79 Å². The Morgan fingerprint density at radius 3 is 2.71 bits per heavy atom. The predicted octanol–water partition coefficient (Wildman–Crippen LogP) is 1.33. The lowest BCUT2D eigenvalue weighted by molar-refractivity contribution is -0.131. The summed E-state index contributed by atoms with van der Waals surface area (Å²) < 4.78 is 0. The molecule has 0 aliphatic carbocycles. The van der Waals surface area contributed by atoms with Crippen molar-refractivity contribution in [3.8, 4) is 0 Å². The highest BCUT2D eigenvalue weighted by atomic mass is 32.2. The van der Waals surface area contributed by atoms with Gasteiger partial charge in [0.2, 0.25) is 5.91 Å². The number of thioether (sulfide) groups is 1. The molecule has 0 bridgehead atoms. The summed E-state index contributed by atoms with van der Waals surface area (Å²) in [7, 11) is 1.83. The van der Waals surface area contributed by atoms with Crippen molar-refractivity contribution in [2.24, 2.45) is 5.73 Å². The highest BCUT2D eigenvalue weighted by molar-refractivity contribution is 7.98. The lowest BCUT2D eigenvalue weighted by atomic mass is 10.2. The third-order valence-corrected chi connectivity index (χ3v) is 2.82. The minimum atomic E-state index is -0.315. The third kappa shape index (κ3) is 5.50. The van der Waals surface area contributed by atoms with E-state index in [4.69, 9.17) is 5.73 Å². The van der Waals surface area contributed by atoms with Crippen molar-refractivity contribution in [1.82, 2.24) is 4.90 Å². The molecule has 4 heteroatoms. The van der Waals surface area contributed by atoms with Crippen molar-refractivity contribution in [2.45, 2.75) is 32.2 Å². The van der Waals surface area contributed by atoms with Gasteiger partial charge in [0.05, 0.1) is 6.04 Å². The van der Waals surface area contributed by atoms with Crippen LogP contribution in [0.2, 0.25) is 0 Å². The van der Waals surface area contributed by atoms with Crippen LogP contribution in [0.1, 0.15) is 26.2 Å². The number of likely N-dealkylation sites (N-methyl/N-ethyl adjacent to an activating group) is 1. The van der Waals surface area contributed by atoms with Gasteiger partial charge in [-0.2, -0.15) is 11.8 Å². The molecule has 0 saturated heterocycles. The van der Waals surface area contributed by atoms with E-state index in [2.05, 4.69) is 6.92 Å². The summed E-state index contributed by atoms with van der Waals surface area (Å²) in [6.45, 7) is 2.94. The number of rotatable bonds is 7. The summed E-state index contributed by atoms with van der Waals surface area (Å²) in [4.78, 5) is 13.4. The summed E-state index contributed by atoms with van der Waals surface area (Å²) in [6, 6.07) is -0.315. The molecule has 14 heavy (non-hydrogen) atoms. The van der Waals surface area contributed by atoms with E-state index in [0.717, 1.165) is 31.6 Å². The van der Waals surface area contributed by atoms with Crippen molar-refractivity contribution >= 4 is 17.7 Å². The Morgan fingerprint density at radius 2 is 2.21 bits per heavy atom. The van der Waals surface area contributed by atoms with Crippen LogP contribution in [-0.4, -0.2) is 42.4 Å². The van der Waals surface area contributed by atoms with Gasteiger partial charge in [0.1, 0.15) is 0 Å². The van der Waals surface area contributed by atoms with E-state index in [9.17, 15) is 4.79 Å². The molecule has 2 N–H and O–H groups in total. The van der Waals surface area contributed by atoms with Crippen LogP contribution in [0.5, 0.6) is 0 Å². The fourth-order valence-electron chi connectivity index (χ4n) is 1.16. The number of unbranched alkanes of at least 4 members (excludes halogenated alkanes) is 1. The monoisotopic (exact) mass is 218 g/mol. The molecule has 3 nitrogen and oxygen atoms in total. The predicted molar refractivity (Wildman–Crippen MR) is 63.5 cm³/mol. The molecule has 0 aromatic carbocycles. The Kier molecular flexibility index (Phi) is 7.99. The van der Waals surface area contributed by atoms with Gasteiger partial charge in [-0.3, -0.25) is 4.79 Å². The van der Waals surface area contributed by atoms with Crippen LogP contribution < -0.4 is 5.73 Å². The number of hydrogen-bond donors (Lipinski definition) is 1. The summed E-state index contributed by atoms with van der Waals surface area (Å²) in [6.07, 6.45) is 4.96. The molecule has 1 atom stereocenters. The van der Waals surface area contributed by atoms with Crippen LogP contribution in [0.15, 0.2) is 0 Å². The van der Waals surface area contributed by atoms with Gasteiger partial charge in [0.15, 0.2) is 0 Å². The zero-order valence-corrected chi connectivity index (χ0v) is 10.3. The zero-order chi connectivity index (χ0) is 11.0. The largest absolute Gasteiger partial charge is 0.344 e. The normalized spacial score (nSPS) is 12.6. The molecule has 0 heterocycles. The Hall–Kier alpha value is -0.220. The first-order valence-electron chi connectivity index (χ1n) is 5.13. The SMILES string of the molecule is CCCCN(C)C(=O)C(N)CCSC. The first-order chi connectivity index (χ1) is 6.63. The van der Waals surface area contributed by atoms with Gasteiger partial charge in [-0.15, -0.1) is 0 Å². The summed E-state index contributed by atoms with van der Waals surface area (Å²) >= 11 is 1.73. The topological polar surface area (TPSA) is 46.3 Å². The maximum Gasteiger partial charge on any atom is 0.239 e. The second kappa shape index (κ2) is 8.12. The van der Waals surface area contributed by atoms with Gasteiger partial charge in [-0.05, 0) is 24.9 Å². The molecule has 0 rings (SSSR count). The quantitative estimate of drug-likeness (QED) is 0.701. The van der Waals surface area contributed by atoms with Crippen molar-refractivity contribution in [1.29, 1.82) is 0 Å². The molecule has 0 aliphatic heterocycles. The van der Waals surface area contributed by atoms with Crippen molar-refractivity contribution in [3.63, 3.8) is 0 Å². The minimum Gasteiger partial charge on any atom is -0.344 e. The van der Waals surface area contributed by atoms with Gasteiger partial charge in [-0.25, -0.2) is 0 Å². The standard InChI is InChI=1S/C10H22N2OS/c1-4-5-7-12(2)10(13)9(11)6-8-14-3/h9H,4-8,11H2,1-3H3. The summed E-state index contributed by atoms with van der Waals surface area (Å²) in [5, 5.41) is 0. The molecule has 0 radical (unpaired) electrons. The number of nitrogens with two attached hydrogens (primary N) is 1. The van der Waals surface area contributed by atoms with Crippen LogP contribution in [0.4, 0.5) is 0 Å². The number of carbonyl (C=O) groups excluding carboxylic acids is 1. The number of nitrogens with zero attached hydrogens (tertiary/aromatic N) is 1. The number of carbonyl (C=O) groups is 1. The van der Waals surface area contributed by atoms with Gasteiger partial charge in [0, 0.05) is 13.6 Å². The second-order valence-electron chi connectivity index (χ2n) is 3.50. The Balaban J connectivity index is 3.78. The second-order valence-corrected chi connectivity index (χ2v) is 4.49. The van der Waals surface area contributed by atoms with E-state index in [1.54, 1.807) is 16.7 Å².